The molecule has 0 fully saturated rings. The van der Waals surface area contributed by atoms with Gasteiger partial charge in [0.25, 0.3) is 5.56 Å². The van der Waals surface area contributed by atoms with E-state index in [-0.39, 0.29) is 22.9 Å². The molecule has 0 unspecified atom stereocenters. The molecule has 2 aromatic heterocycles. The topological polar surface area (TPSA) is 116 Å². The molecule has 0 saturated heterocycles. The number of amides is 1. The van der Waals surface area contributed by atoms with Gasteiger partial charge in [-0.05, 0) is 31.2 Å². The Labute approximate surface area is 155 Å². The average Bonchev–Trinajstić information content (AvgIpc) is 3.07. The van der Waals surface area contributed by atoms with Crippen LogP contribution in [-0.4, -0.2) is 44.6 Å². The maximum atomic E-state index is 12.1. The molecule has 2 heterocycles. The summed E-state index contributed by atoms with van der Waals surface area (Å²) in [5.41, 5.74) is 0.896. The summed E-state index contributed by atoms with van der Waals surface area (Å²) in [6, 6.07) is 6.36. The molecule has 0 spiro atoms. The quantitative estimate of drug-likeness (QED) is 0.512. The van der Waals surface area contributed by atoms with Crippen LogP contribution in [0.15, 0.2) is 33.4 Å². The number of carbonyl (C=O) groups excluding carboxylic acids is 2. The summed E-state index contributed by atoms with van der Waals surface area (Å²) in [6.45, 7) is 1.56. The fraction of sp³-hybridized carbons (Fsp3) is 0.200. The number of methoxy groups -OCH3 is 1. The molecule has 1 amide bonds. The average molecular weight is 391 g/mol. The van der Waals surface area contributed by atoms with Gasteiger partial charge in [-0.3, -0.25) is 9.59 Å². The number of ether oxygens (including phenoxy) is 1. The number of rotatable bonds is 5. The molecule has 11 heteroatoms. The lowest BCUT2D eigenvalue weighted by atomic mass is 10.2. The first-order chi connectivity index (χ1) is 12.5. The van der Waals surface area contributed by atoms with Crippen molar-refractivity contribution in [2.24, 2.45) is 0 Å². The van der Waals surface area contributed by atoms with E-state index < -0.39 is 5.97 Å². The van der Waals surface area contributed by atoms with Gasteiger partial charge in [0.2, 0.25) is 10.9 Å². The van der Waals surface area contributed by atoms with Crippen molar-refractivity contribution in [2.75, 3.05) is 18.2 Å². The van der Waals surface area contributed by atoms with Gasteiger partial charge in [-0.25, -0.2) is 4.79 Å². The van der Waals surface area contributed by atoms with Gasteiger partial charge >= 0.3 is 5.97 Å². The summed E-state index contributed by atoms with van der Waals surface area (Å²) in [5, 5.41) is 14.5. The molecule has 0 aliphatic carbocycles. The van der Waals surface area contributed by atoms with E-state index in [1.807, 2.05) is 0 Å². The minimum Gasteiger partial charge on any atom is -0.465 e. The van der Waals surface area contributed by atoms with Gasteiger partial charge < -0.3 is 10.1 Å². The second-order valence-electron chi connectivity index (χ2n) is 5.06. The van der Waals surface area contributed by atoms with Crippen molar-refractivity contribution >= 4 is 45.6 Å². The van der Waals surface area contributed by atoms with Crippen molar-refractivity contribution in [3.8, 4) is 0 Å². The lowest BCUT2D eigenvalue weighted by Crippen LogP contribution is -2.19. The van der Waals surface area contributed by atoms with Crippen LogP contribution in [0.1, 0.15) is 16.1 Å². The van der Waals surface area contributed by atoms with Crippen LogP contribution in [-0.2, 0) is 9.53 Å². The van der Waals surface area contributed by atoms with Crippen molar-refractivity contribution in [3.05, 3.63) is 45.9 Å². The largest absolute Gasteiger partial charge is 0.465 e. The first-order valence-electron chi connectivity index (χ1n) is 7.32. The normalized spacial score (nSPS) is 10.7. The SMILES string of the molecule is COC(=O)c1ccc(NC(=O)CSc2nn3c(=O)c(C)nnc3s2)cc1. The summed E-state index contributed by atoms with van der Waals surface area (Å²) in [4.78, 5) is 35.7. The van der Waals surface area contributed by atoms with Crippen molar-refractivity contribution in [1.29, 1.82) is 0 Å². The minimum atomic E-state index is -0.442. The van der Waals surface area contributed by atoms with E-state index in [0.29, 0.717) is 20.6 Å². The molecular formula is C15H13N5O4S2. The molecule has 0 aliphatic heterocycles. The second-order valence-corrected chi connectivity index (χ2v) is 7.24. The lowest BCUT2D eigenvalue weighted by Gasteiger charge is -2.05. The Bertz CT molecular complexity index is 1030. The summed E-state index contributed by atoms with van der Waals surface area (Å²) >= 11 is 2.38. The second kappa shape index (κ2) is 7.62. The highest BCUT2D eigenvalue weighted by Gasteiger charge is 2.12. The number of fused-ring (bicyclic) bond motifs is 1. The summed E-state index contributed by atoms with van der Waals surface area (Å²) in [5.74, 6) is -0.572. The molecule has 0 atom stereocenters. The third kappa shape index (κ3) is 3.89. The van der Waals surface area contributed by atoms with E-state index in [2.05, 4.69) is 25.3 Å². The molecule has 134 valence electrons. The Morgan fingerprint density at radius 3 is 2.69 bits per heavy atom. The number of benzene rings is 1. The predicted octanol–water partition coefficient (Wildman–Crippen LogP) is 1.37. The van der Waals surface area contributed by atoms with Crippen LogP contribution in [0.3, 0.4) is 0 Å². The van der Waals surface area contributed by atoms with Crippen molar-refractivity contribution in [2.45, 2.75) is 11.3 Å². The minimum absolute atomic E-state index is 0.111. The van der Waals surface area contributed by atoms with Crippen molar-refractivity contribution in [3.63, 3.8) is 0 Å². The van der Waals surface area contributed by atoms with Crippen LogP contribution < -0.4 is 10.9 Å². The first kappa shape index (κ1) is 18.0. The Morgan fingerprint density at radius 1 is 1.27 bits per heavy atom. The van der Waals surface area contributed by atoms with Crippen molar-refractivity contribution in [1.82, 2.24) is 19.8 Å². The lowest BCUT2D eigenvalue weighted by molar-refractivity contribution is -0.113. The number of thioether (sulfide) groups is 1. The maximum absolute atomic E-state index is 12.1. The van der Waals surface area contributed by atoms with Crippen molar-refractivity contribution < 1.29 is 14.3 Å². The van der Waals surface area contributed by atoms with Crippen LogP contribution in [0.25, 0.3) is 4.96 Å². The van der Waals surface area contributed by atoms with Crippen LogP contribution in [0.4, 0.5) is 5.69 Å². The molecule has 3 aromatic rings. The molecule has 1 aromatic carbocycles. The van der Waals surface area contributed by atoms with E-state index in [1.54, 1.807) is 31.2 Å². The third-order valence-corrected chi connectivity index (χ3v) is 5.28. The highest BCUT2D eigenvalue weighted by atomic mass is 32.2. The zero-order valence-corrected chi connectivity index (χ0v) is 15.4. The van der Waals surface area contributed by atoms with Gasteiger partial charge in [0, 0.05) is 5.69 Å². The Morgan fingerprint density at radius 2 is 2.00 bits per heavy atom. The van der Waals surface area contributed by atoms with E-state index >= 15 is 0 Å². The van der Waals surface area contributed by atoms with Crippen LogP contribution in [0.2, 0.25) is 0 Å². The number of hydrogen-bond donors (Lipinski definition) is 1. The van der Waals surface area contributed by atoms with E-state index in [4.69, 9.17) is 0 Å². The number of anilines is 1. The monoisotopic (exact) mass is 391 g/mol. The van der Waals surface area contributed by atoms with Crippen LogP contribution in [0.5, 0.6) is 0 Å². The van der Waals surface area contributed by atoms with Gasteiger partial charge in [-0.15, -0.1) is 15.3 Å². The summed E-state index contributed by atoms with van der Waals surface area (Å²) < 4.78 is 6.34. The zero-order valence-electron chi connectivity index (χ0n) is 13.8. The van der Waals surface area contributed by atoms with Gasteiger partial charge in [-0.1, -0.05) is 23.1 Å². The number of esters is 1. The van der Waals surface area contributed by atoms with Gasteiger partial charge in [0.15, 0.2) is 4.34 Å². The van der Waals surface area contributed by atoms with Gasteiger partial charge in [-0.2, -0.15) is 4.52 Å². The molecule has 0 radical (unpaired) electrons. The van der Waals surface area contributed by atoms with Crippen LogP contribution >= 0.6 is 23.1 Å². The highest BCUT2D eigenvalue weighted by molar-refractivity contribution is 8.01. The smallest absolute Gasteiger partial charge is 0.337 e. The number of aryl methyl sites for hydroxylation is 1. The Hall–Kier alpha value is -2.79. The molecule has 9 nitrogen and oxygen atoms in total. The fourth-order valence-corrected chi connectivity index (χ4v) is 3.64. The number of nitrogens with one attached hydrogen (secondary N) is 1. The summed E-state index contributed by atoms with van der Waals surface area (Å²) in [7, 11) is 1.30. The Kier molecular flexibility index (Phi) is 5.28. The molecule has 0 bridgehead atoms. The Balaban J connectivity index is 1.61. The van der Waals surface area contributed by atoms with E-state index in [0.717, 1.165) is 0 Å². The summed E-state index contributed by atoms with van der Waals surface area (Å²) in [6.07, 6.45) is 0. The molecular weight excluding hydrogens is 378 g/mol. The zero-order chi connectivity index (χ0) is 18.7. The van der Waals surface area contributed by atoms with Crippen LogP contribution in [0, 0.1) is 6.92 Å². The standard InChI is InChI=1S/C15H13N5O4S2/c1-8-12(22)20-14(18-17-8)26-15(19-20)25-7-11(21)16-10-5-3-9(4-6-10)13(23)24-2/h3-6H,7H2,1-2H3,(H,16,21). The van der Waals surface area contributed by atoms with E-state index in [1.165, 1.54) is 34.7 Å². The predicted molar refractivity (Wildman–Crippen MR) is 96.8 cm³/mol. The molecule has 1 N–H and O–H groups in total. The molecule has 0 saturated carbocycles. The number of nitrogens with zero attached hydrogens (tertiary/aromatic N) is 4. The first-order valence-corrected chi connectivity index (χ1v) is 9.12. The molecule has 26 heavy (non-hydrogen) atoms. The third-order valence-electron chi connectivity index (χ3n) is 3.25. The van der Waals surface area contributed by atoms with Gasteiger partial charge in [0.05, 0.1) is 18.4 Å². The highest BCUT2D eigenvalue weighted by Crippen LogP contribution is 2.23. The fourth-order valence-electron chi connectivity index (χ4n) is 1.97. The van der Waals surface area contributed by atoms with E-state index in [9.17, 15) is 14.4 Å². The number of aromatic nitrogens is 4. The molecule has 0 aliphatic rings. The number of hydrogen-bond acceptors (Lipinski definition) is 9. The maximum Gasteiger partial charge on any atom is 0.337 e. The number of carbonyl (C=O) groups is 2. The van der Waals surface area contributed by atoms with Gasteiger partial charge in [0.1, 0.15) is 5.69 Å². The molecule has 3 rings (SSSR count).